The summed E-state index contributed by atoms with van der Waals surface area (Å²) in [5.74, 6) is 0.624. The van der Waals surface area contributed by atoms with Gasteiger partial charge in [0.15, 0.2) is 5.69 Å². The van der Waals surface area contributed by atoms with Gasteiger partial charge < -0.3 is 4.74 Å². The fourth-order valence-electron chi connectivity index (χ4n) is 2.20. The number of ether oxygens (including phenoxy) is 1. The molecule has 1 saturated heterocycles. The highest BCUT2D eigenvalue weighted by atomic mass is 16.5. The molecule has 1 heterocycles. The molecule has 0 atom stereocenters. The largest absolute Gasteiger partial charge is 0.381 e. The smallest absolute Gasteiger partial charge is 0.187 e. The van der Waals surface area contributed by atoms with E-state index >= 15 is 0 Å². The van der Waals surface area contributed by atoms with Crippen LogP contribution in [0.25, 0.3) is 4.85 Å². The average Bonchev–Trinajstić information content (AvgIpc) is 2.30. The zero-order chi connectivity index (χ0) is 10.7. The number of benzene rings is 1. The number of aryl methyl sites for hydroxylation is 1. The zero-order valence-corrected chi connectivity index (χ0v) is 8.99. The molecule has 0 aromatic heterocycles. The summed E-state index contributed by atoms with van der Waals surface area (Å²) in [6.45, 7) is 10.8. The Morgan fingerprint density at radius 2 is 2.07 bits per heavy atom. The van der Waals surface area contributed by atoms with Crippen molar-refractivity contribution in [3.8, 4) is 0 Å². The lowest BCUT2D eigenvalue weighted by molar-refractivity contribution is 0.0852. The van der Waals surface area contributed by atoms with E-state index in [0.29, 0.717) is 5.92 Å². The van der Waals surface area contributed by atoms with Crippen LogP contribution in [0, 0.1) is 13.5 Å². The van der Waals surface area contributed by atoms with E-state index in [1.165, 1.54) is 11.1 Å². The number of hydrogen-bond donors (Lipinski definition) is 0. The summed E-state index contributed by atoms with van der Waals surface area (Å²) in [6.07, 6.45) is 2.22. The molecule has 0 bridgehead atoms. The van der Waals surface area contributed by atoms with E-state index < -0.39 is 0 Å². The molecular formula is C13H15NO. The fourth-order valence-corrected chi connectivity index (χ4v) is 2.20. The van der Waals surface area contributed by atoms with E-state index in [-0.39, 0.29) is 0 Å². The van der Waals surface area contributed by atoms with Crippen molar-refractivity contribution in [3.05, 3.63) is 40.7 Å². The van der Waals surface area contributed by atoms with Crippen LogP contribution in [-0.4, -0.2) is 13.2 Å². The second kappa shape index (κ2) is 4.46. The second-order valence-corrected chi connectivity index (χ2v) is 4.04. The van der Waals surface area contributed by atoms with Crippen LogP contribution in [0.15, 0.2) is 18.2 Å². The predicted octanol–water partition coefficient (Wildman–Crippen LogP) is 3.44. The maximum atomic E-state index is 6.96. The van der Waals surface area contributed by atoms with Crippen LogP contribution >= 0.6 is 0 Å². The van der Waals surface area contributed by atoms with Gasteiger partial charge >= 0.3 is 0 Å². The van der Waals surface area contributed by atoms with E-state index in [1.54, 1.807) is 0 Å². The molecule has 0 aliphatic carbocycles. The highest BCUT2D eigenvalue weighted by Gasteiger charge is 2.17. The molecule has 0 unspecified atom stereocenters. The molecule has 1 aliphatic heterocycles. The van der Waals surface area contributed by atoms with Crippen LogP contribution in [0.4, 0.5) is 5.69 Å². The first-order valence-electron chi connectivity index (χ1n) is 5.37. The van der Waals surface area contributed by atoms with Crippen molar-refractivity contribution in [2.45, 2.75) is 25.7 Å². The van der Waals surface area contributed by atoms with Gasteiger partial charge in [-0.15, -0.1) is 0 Å². The summed E-state index contributed by atoms with van der Waals surface area (Å²) in [6, 6.07) is 6.02. The molecule has 15 heavy (non-hydrogen) atoms. The van der Waals surface area contributed by atoms with Crippen molar-refractivity contribution >= 4 is 5.69 Å². The first kappa shape index (κ1) is 10.2. The van der Waals surface area contributed by atoms with Crippen molar-refractivity contribution in [1.29, 1.82) is 0 Å². The highest BCUT2D eigenvalue weighted by Crippen LogP contribution is 2.31. The Morgan fingerprint density at radius 1 is 1.33 bits per heavy atom. The van der Waals surface area contributed by atoms with Crippen LogP contribution in [0.3, 0.4) is 0 Å². The molecule has 0 saturated carbocycles. The van der Waals surface area contributed by atoms with Gasteiger partial charge in [0.05, 0.1) is 6.57 Å². The molecule has 2 rings (SSSR count). The third kappa shape index (κ3) is 2.19. The van der Waals surface area contributed by atoms with Gasteiger partial charge in [-0.1, -0.05) is 23.8 Å². The van der Waals surface area contributed by atoms with Gasteiger partial charge in [-0.2, -0.15) is 0 Å². The highest BCUT2D eigenvalue weighted by molar-refractivity contribution is 5.49. The molecule has 1 aromatic carbocycles. The molecule has 1 aromatic rings. The van der Waals surface area contributed by atoms with Gasteiger partial charge in [0.25, 0.3) is 0 Å². The Labute approximate surface area is 90.7 Å². The summed E-state index contributed by atoms with van der Waals surface area (Å²) in [5.41, 5.74) is 3.38. The first-order chi connectivity index (χ1) is 7.31. The van der Waals surface area contributed by atoms with Crippen molar-refractivity contribution in [3.63, 3.8) is 0 Å². The Bertz CT molecular complexity index is 386. The van der Waals surface area contributed by atoms with Crippen LogP contribution < -0.4 is 0 Å². The Balaban J connectivity index is 2.24. The molecule has 0 N–H and O–H groups in total. The maximum Gasteiger partial charge on any atom is 0.187 e. The Morgan fingerprint density at radius 3 is 2.67 bits per heavy atom. The van der Waals surface area contributed by atoms with E-state index in [9.17, 15) is 0 Å². The summed E-state index contributed by atoms with van der Waals surface area (Å²) in [4.78, 5) is 3.44. The summed E-state index contributed by atoms with van der Waals surface area (Å²) in [7, 11) is 0. The minimum absolute atomic E-state index is 0.624. The van der Waals surface area contributed by atoms with Crippen molar-refractivity contribution < 1.29 is 4.74 Å². The van der Waals surface area contributed by atoms with E-state index in [1.807, 2.05) is 12.1 Å². The van der Waals surface area contributed by atoms with Gasteiger partial charge in [0.2, 0.25) is 0 Å². The lowest BCUT2D eigenvalue weighted by atomic mass is 9.88. The average molecular weight is 201 g/mol. The standard InChI is InChI=1S/C13H15NO/c1-10-9-12(14-2)3-4-13(10)11-5-7-15-8-6-11/h3-4,9,11H,5-8H2,1H3. The molecule has 1 fully saturated rings. The number of rotatable bonds is 1. The lowest BCUT2D eigenvalue weighted by Gasteiger charge is -2.24. The second-order valence-electron chi connectivity index (χ2n) is 4.04. The number of nitrogens with zero attached hydrogens (tertiary/aromatic N) is 1. The monoisotopic (exact) mass is 201 g/mol. The predicted molar refractivity (Wildman–Crippen MR) is 60.2 cm³/mol. The van der Waals surface area contributed by atoms with Crippen LogP contribution in [0.1, 0.15) is 29.9 Å². The molecule has 0 spiro atoms. The molecule has 78 valence electrons. The van der Waals surface area contributed by atoms with Gasteiger partial charge in [0, 0.05) is 13.2 Å². The van der Waals surface area contributed by atoms with Gasteiger partial charge in [-0.25, -0.2) is 4.85 Å². The van der Waals surface area contributed by atoms with Crippen molar-refractivity contribution in [2.24, 2.45) is 0 Å². The van der Waals surface area contributed by atoms with Crippen molar-refractivity contribution in [2.75, 3.05) is 13.2 Å². The number of hydrogen-bond acceptors (Lipinski definition) is 1. The van der Waals surface area contributed by atoms with Crippen LogP contribution in [0.5, 0.6) is 0 Å². The SMILES string of the molecule is [C-]#[N+]c1ccc(C2CCOCC2)c(C)c1. The molecule has 2 heteroatoms. The van der Waals surface area contributed by atoms with E-state index in [4.69, 9.17) is 11.3 Å². The minimum Gasteiger partial charge on any atom is -0.381 e. The van der Waals surface area contributed by atoms with Crippen molar-refractivity contribution in [1.82, 2.24) is 0 Å². The Kier molecular flexibility index (Phi) is 3.03. The summed E-state index contributed by atoms with van der Waals surface area (Å²) >= 11 is 0. The molecule has 2 nitrogen and oxygen atoms in total. The van der Waals surface area contributed by atoms with E-state index in [0.717, 1.165) is 31.7 Å². The Hall–Kier alpha value is -1.33. The maximum absolute atomic E-state index is 6.96. The van der Waals surface area contributed by atoms with Gasteiger partial charge in [-0.3, -0.25) is 0 Å². The zero-order valence-electron chi connectivity index (χ0n) is 8.99. The topological polar surface area (TPSA) is 13.6 Å². The first-order valence-corrected chi connectivity index (χ1v) is 5.37. The lowest BCUT2D eigenvalue weighted by Crippen LogP contribution is -2.14. The quantitative estimate of drug-likeness (QED) is 0.634. The molecular weight excluding hydrogens is 186 g/mol. The fraction of sp³-hybridized carbons (Fsp3) is 0.462. The molecule has 0 radical (unpaired) electrons. The van der Waals surface area contributed by atoms with Gasteiger partial charge in [0.1, 0.15) is 0 Å². The van der Waals surface area contributed by atoms with Crippen LogP contribution in [-0.2, 0) is 4.74 Å². The van der Waals surface area contributed by atoms with E-state index in [2.05, 4.69) is 17.8 Å². The van der Waals surface area contributed by atoms with Gasteiger partial charge in [-0.05, 0) is 31.2 Å². The third-order valence-electron chi connectivity index (χ3n) is 3.04. The van der Waals surface area contributed by atoms with Crippen LogP contribution in [0.2, 0.25) is 0 Å². The normalized spacial score (nSPS) is 17.3. The summed E-state index contributed by atoms with van der Waals surface area (Å²) in [5, 5.41) is 0. The molecule has 1 aliphatic rings. The molecule has 0 amide bonds. The third-order valence-corrected chi connectivity index (χ3v) is 3.04. The summed E-state index contributed by atoms with van der Waals surface area (Å²) < 4.78 is 5.36. The minimum atomic E-state index is 0.624.